The molecule has 18 heavy (non-hydrogen) atoms. The number of hydrogen-bond acceptors (Lipinski definition) is 2. The molecule has 0 spiro atoms. The van der Waals surface area contributed by atoms with E-state index in [4.69, 9.17) is 4.74 Å². The van der Waals surface area contributed by atoms with Crippen molar-refractivity contribution in [2.24, 2.45) is 0 Å². The van der Waals surface area contributed by atoms with Crippen molar-refractivity contribution in [3.8, 4) is 5.75 Å². The minimum Gasteiger partial charge on any atom is -0.497 e. The second-order valence-corrected chi connectivity index (χ2v) is 5.44. The second-order valence-electron chi connectivity index (χ2n) is 5.44. The van der Waals surface area contributed by atoms with Gasteiger partial charge in [0.1, 0.15) is 5.75 Å². The van der Waals surface area contributed by atoms with Crippen LogP contribution in [-0.4, -0.2) is 19.2 Å². The third kappa shape index (κ3) is 3.26. The van der Waals surface area contributed by atoms with Gasteiger partial charge in [0, 0.05) is 5.54 Å². The third-order valence-corrected chi connectivity index (χ3v) is 4.01. The number of hydrogen-bond donors (Lipinski definition) is 1. The van der Waals surface area contributed by atoms with E-state index in [2.05, 4.69) is 36.5 Å². The maximum Gasteiger partial charge on any atom is 0.118 e. The number of rotatable bonds is 5. The van der Waals surface area contributed by atoms with Gasteiger partial charge >= 0.3 is 0 Å². The van der Waals surface area contributed by atoms with Crippen LogP contribution >= 0.6 is 0 Å². The van der Waals surface area contributed by atoms with Crippen LogP contribution in [0.1, 0.15) is 44.6 Å². The zero-order chi connectivity index (χ0) is 12.8. The van der Waals surface area contributed by atoms with Gasteiger partial charge in [-0.3, -0.25) is 0 Å². The Labute approximate surface area is 111 Å². The van der Waals surface area contributed by atoms with Gasteiger partial charge in [0.15, 0.2) is 0 Å². The van der Waals surface area contributed by atoms with E-state index in [1.54, 1.807) is 7.11 Å². The van der Waals surface area contributed by atoms with E-state index in [9.17, 15) is 0 Å². The van der Waals surface area contributed by atoms with E-state index in [-0.39, 0.29) is 0 Å². The monoisotopic (exact) mass is 247 g/mol. The molecule has 0 saturated carbocycles. The van der Waals surface area contributed by atoms with Crippen LogP contribution in [0.25, 0.3) is 0 Å². The van der Waals surface area contributed by atoms with E-state index < -0.39 is 0 Å². The average molecular weight is 247 g/mol. The van der Waals surface area contributed by atoms with Crippen molar-refractivity contribution in [1.82, 2.24) is 5.32 Å². The molecule has 1 heterocycles. The van der Waals surface area contributed by atoms with Gasteiger partial charge in [-0.1, -0.05) is 31.9 Å². The largest absolute Gasteiger partial charge is 0.497 e. The molecule has 1 unspecified atom stereocenters. The quantitative estimate of drug-likeness (QED) is 0.859. The Morgan fingerprint density at radius 2 is 2.00 bits per heavy atom. The van der Waals surface area contributed by atoms with Crippen LogP contribution in [0.2, 0.25) is 0 Å². The van der Waals surface area contributed by atoms with E-state index >= 15 is 0 Å². The van der Waals surface area contributed by atoms with Gasteiger partial charge in [0.25, 0.3) is 0 Å². The number of benzene rings is 1. The molecule has 1 aliphatic heterocycles. The molecule has 2 rings (SSSR count). The summed E-state index contributed by atoms with van der Waals surface area (Å²) in [6.45, 7) is 3.46. The van der Waals surface area contributed by atoms with Crippen molar-refractivity contribution in [3.63, 3.8) is 0 Å². The maximum absolute atomic E-state index is 5.22. The average Bonchev–Trinajstić information content (AvgIpc) is 2.41. The molecule has 1 saturated heterocycles. The number of nitrogens with one attached hydrogen (secondary N) is 1. The zero-order valence-corrected chi connectivity index (χ0v) is 11.7. The zero-order valence-electron chi connectivity index (χ0n) is 11.7. The second kappa shape index (κ2) is 6.24. The Kier molecular flexibility index (Phi) is 4.65. The summed E-state index contributed by atoms with van der Waals surface area (Å²) in [5, 5.41) is 3.78. The summed E-state index contributed by atoms with van der Waals surface area (Å²) in [4.78, 5) is 0. The van der Waals surface area contributed by atoms with Gasteiger partial charge in [-0.25, -0.2) is 0 Å². The first-order valence-corrected chi connectivity index (χ1v) is 7.16. The molecule has 0 aliphatic carbocycles. The van der Waals surface area contributed by atoms with Crippen molar-refractivity contribution in [3.05, 3.63) is 29.8 Å². The fourth-order valence-electron chi connectivity index (χ4n) is 3.10. The molecule has 1 aromatic carbocycles. The summed E-state index contributed by atoms with van der Waals surface area (Å²) in [5.74, 6) is 0.944. The lowest BCUT2D eigenvalue weighted by Gasteiger charge is -2.39. The van der Waals surface area contributed by atoms with Crippen molar-refractivity contribution in [1.29, 1.82) is 0 Å². The van der Waals surface area contributed by atoms with Gasteiger partial charge in [-0.05, 0) is 49.9 Å². The van der Waals surface area contributed by atoms with Crippen LogP contribution in [0.3, 0.4) is 0 Å². The first-order chi connectivity index (χ1) is 8.78. The van der Waals surface area contributed by atoms with Crippen molar-refractivity contribution >= 4 is 0 Å². The van der Waals surface area contributed by atoms with Crippen molar-refractivity contribution in [2.75, 3.05) is 13.7 Å². The first-order valence-electron chi connectivity index (χ1n) is 7.16. The van der Waals surface area contributed by atoms with E-state index in [0.717, 1.165) is 12.2 Å². The fourth-order valence-corrected chi connectivity index (χ4v) is 3.10. The van der Waals surface area contributed by atoms with Crippen LogP contribution in [0, 0.1) is 0 Å². The van der Waals surface area contributed by atoms with E-state index in [1.165, 1.54) is 44.2 Å². The number of ether oxygens (including phenoxy) is 1. The molecule has 1 atom stereocenters. The Morgan fingerprint density at radius 1 is 1.22 bits per heavy atom. The Bertz CT molecular complexity index is 346. The highest BCUT2D eigenvalue weighted by Gasteiger charge is 2.30. The minimum atomic E-state index is 0.335. The van der Waals surface area contributed by atoms with Gasteiger partial charge in [0.05, 0.1) is 7.11 Å². The molecule has 1 aliphatic rings. The first kappa shape index (κ1) is 13.4. The molecule has 2 nitrogen and oxygen atoms in total. The van der Waals surface area contributed by atoms with Gasteiger partial charge in [0.2, 0.25) is 0 Å². The van der Waals surface area contributed by atoms with Crippen LogP contribution in [-0.2, 0) is 6.42 Å². The molecular formula is C16H25NO. The molecular weight excluding hydrogens is 222 g/mol. The topological polar surface area (TPSA) is 21.3 Å². The number of methoxy groups -OCH3 is 1. The summed E-state index contributed by atoms with van der Waals surface area (Å²) in [6, 6.07) is 8.54. The summed E-state index contributed by atoms with van der Waals surface area (Å²) in [6.07, 6.45) is 7.68. The molecule has 0 amide bonds. The van der Waals surface area contributed by atoms with Crippen LogP contribution in [0.15, 0.2) is 24.3 Å². The van der Waals surface area contributed by atoms with Crippen LogP contribution < -0.4 is 10.1 Å². The van der Waals surface area contributed by atoms with Gasteiger partial charge < -0.3 is 10.1 Å². The molecule has 1 N–H and O–H groups in total. The normalized spacial score (nSPS) is 23.9. The Morgan fingerprint density at radius 3 is 2.56 bits per heavy atom. The standard InChI is InChI=1S/C16H25NO/c1-3-10-16(11-4-5-12-17-16)13-14-6-8-15(18-2)9-7-14/h6-9,17H,3-5,10-13H2,1-2H3. The van der Waals surface area contributed by atoms with Crippen LogP contribution in [0.5, 0.6) is 5.75 Å². The number of piperidine rings is 1. The smallest absolute Gasteiger partial charge is 0.118 e. The molecule has 2 heteroatoms. The lowest BCUT2D eigenvalue weighted by atomic mass is 9.80. The SMILES string of the molecule is CCCC1(Cc2ccc(OC)cc2)CCCCN1. The lowest BCUT2D eigenvalue weighted by Crippen LogP contribution is -2.50. The molecule has 1 aromatic rings. The highest BCUT2D eigenvalue weighted by Crippen LogP contribution is 2.28. The summed E-state index contributed by atoms with van der Waals surface area (Å²) in [7, 11) is 1.72. The third-order valence-electron chi connectivity index (χ3n) is 4.01. The Hall–Kier alpha value is -1.02. The Balaban J connectivity index is 2.07. The van der Waals surface area contributed by atoms with Crippen LogP contribution in [0.4, 0.5) is 0 Å². The van der Waals surface area contributed by atoms with Crippen molar-refractivity contribution in [2.45, 2.75) is 51.0 Å². The maximum atomic E-state index is 5.22. The molecule has 100 valence electrons. The minimum absolute atomic E-state index is 0.335. The summed E-state index contributed by atoms with van der Waals surface area (Å²) in [5.41, 5.74) is 1.75. The van der Waals surface area contributed by atoms with Gasteiger partial charge in [-0.2, -0.15) is 0 Å². The summed E-state index contributed by atoms with van der Waals surface area (Å²) < 4.78 is 5.22. The van der Waals surface area contributed by atoms with Gasteiger partial charge in [-0.15, -0.1) is 0 Å². The highest BCUT2D eigenvalue weighted by molar-refractivity contribution is 5.28. The highest BCUT2D eigenvalue weighted by atomic mass is 16.5. The molecule has 1 fully saturated rings. The molecule has 0 radical (unpaired) electrons. The summed E-state index contributed by atoms with van der Waals surface area (Å²) >= 11 is 0. The fraction of sp³-hybridized carbons (Fsp3) is 0.625. The molecule has 0 aromatic heterocycles. The lowest BCUT2D eigenvalue weighted by molar-refractivity contribution is 0.233. The predicted octanol–water partition coefficient (Wildman–Crippen LogP) is 3.55. The molecule has 0 bridgehead atoms. The van der Waals surface area contributed by atoms with E-state index in [0.29, 0.717) is 5.54 Å². The van der Waals surface area contributed by atoms with Crippen molar-refractivity contribution < 1.29 is 4.74 Å². The van der Waals surface area contributed by atoms with E-state index in [1.807, 2.05) is 0 Å². The predicted molar refractivity (Wildman–Crippen MR) is 76.2 cm³/mol.